The molecule has 0 radical (unpaired) electrons. The average molecular weight is 251 g/mol. The number of piperidine rings is 1. The summed E-state index contributed by atoms with van der Waals surface area (Å²) in [4.78, 5) is 0. The molecule has 1 saturated heterocycles. The van der Waals surface area contributed by atoms with Crippen LogP contribution in [-0.4, -0.2) is 38.0 Å². The lowest BCUT2D eigenvalue weighted by Gasteiger charge is -2.32. The first-order valence-electron chi connectivity index (χ1n) is 6.30. The van der Waals surface area contributed by atoms with Crippen LogP contribution in [0.25, 0.3) is 0 Å². The van der Waals surface area contributed by atoms with Gasteiger partial charge in [0.15, 0.2) is 0 Å². The van der Waals surface area contributed by atoms with Crippen molar-refractivity contribution in [3.63, 3.8) is 0 Å². The van der Waals surface area contributed by atoms with Crippen LogP contribution in [0.1, 0.15) is 18.4 Å². The highest BCUT2D eigenvalue weighted by Crippen LogP contribution is 2.28. The van der Waals surface area contributed by atoms with E-state index in [0.29, 0.717) is 6.42 Å². The minimum absolute atomic E-state index is 0.609. The summed E-state index contributed by atoms with van der Waals surface area (Å²) in [6, 6.07) is 5.76. The number of nitrogens with one attached hydrogen (secondary N) is 1. The Kier molecular flexibility index (Phi) is 4.09. The topological polar surface area (TPSA) is 50.7 Å². The minimum atomic E-state index is -0.609. The molecule has 18 heavy (non-hydrogen) atoms. The average Bonchev–Trinajstić information content (AvgIpc) is 2.38. The number of aliphatic hydroxyl groups is 1. The van der Waals surface area contributed by atoms with E-state index in [1.54, 1.807) is 14.2 Å². The highest BCUT2D eigenvalue weighted by atomic mass is 16.5. The van der Waals surface area contributed by atoms with Crippen LogP contribution in [0.2, 0.25) is 0 Å². The van der Waals surface area contributed by atoms with Gasteiger partial charge in [0.1, 0.15) is 11.5 Å². The predicted molar refractivity (Wildman–Crippen MR) is 70.3 cm³/mol. The molecule has 2 rings (SSSR count). The van der Waals surface area contributed by atoms with Crippen molar-refractivity contribution in [2.24, 2.45) is 0 Å². The first-order chi connectivity index (χ1) is 8.65. The number of hydrogen-bond acceptors (Lipinski definition) is 4. The number of hydrogen-bond donors (Lipinski definition) is 2. The van der Waals surface area contributed by atoms with Crippen LogP contribution < -0.4 is 14.8 Å². The van der Waals surface area contributed by atoms with Gasteiger partial charge in [0.2, 0.25) is 0 Å². The van der Waals surface area contributed by atoms with Gasteiger partial charge in [0, 0.05) is 12.5 Å². The summed E-state index contributed by atoms with van der Waals surface area (Å²) in [5, 5.41) is 13.8. The molecule has 100 valence electrons. The third kappa shape index (κ3) is 3.15. The first-order valence-corrected chi connectivity index (χ1v) is 6.30. The molecule has 0 aliphatic carbocycles. The molecule has 0 saturated carbocycles. The highest BCUT2D eigenvalue weighted by Gasteiger charge is 2.29. The maximum absolute atomic E-state index is 10.5. The number of methoxy groups -OCH3 is 2. The summed E-state index contributed by atoms with van der Waals surface area (Å²) in [6.45, 7) is 1.75. The van der Waals surface area contributed by atoms with E-state index >= 15 is 0 Å². The second-order valence-electron chi connectivity index (χ2n) is 4.87. The second kappa shape index (κ2) is 5.59. The Morgan fingerprint density at radius 1 is 1.11 bits per heavy atom. The first kappa shape index (κ1) is 13.2. The van der Waals surface area contributed by atoms with E-state index in [0.717, 1.165) is 43.0 Å². The largest absolute Gasteiger partial charge is 0.497 e. The van der Waals surface area contributed by atoms with E-state index in [1.807, 2.05) is 18.2 Å². The van der Waals surface area contributed by atoms with Gasteiger partial charge in [-0.2, -0.15) is 0 Å². The fraction of sp³-hybridized carbons (Fsp3) is 0.571. The molecule has 2 N–H and O–H groups in total. The Bertz CT molecular complexity index is 378. The fourth-order valence-corrected chi connectivity index (χ4v) is 2.42. The van der Waals surface area contributed by atoms with Crippen molar-refractivity contribution in [1.29, 1.82) is 0 Å². The van der Waals surface area contributed by atoms with Gasteiger partial charge in [0.05, 0.1) is 19.8 Å². The third-order valence-electron chi connectivity index (χ3n) is 3.48. The van der Waals surface area contributed by atoms with Gasteiger partial charge in [-0.15, -0.1) is 0 Å². The lowest BCUT2D eigenvalue weighted by atomic mass is 9.86. The number of rotatable bonds is 4. The molecule has 1 heterocycles. The summed E-state index contributed by atoms with van der Waals surface area (Å²) in [7, 11) is 3.27. The van der Waals surface area contributed by atoms with Crippen molar-refractivity contribution < 1.29 is 14.6 Å². The lowest BCUT2D eigenvalue weighted by molar-refractivity contribution is 0.0108. The molecule has 0 aromatic heterocycles. The third-order valence-corrected chi connectivity index (χ3v) is 3.48. The van der Waals surface area contributed by atoms with Crippen molar-refractivity contribution in [2.75, 3.05) is 27.3 Å². The second-order valence-corrected chi connectivity index (χ2v) is 4.87. The monoisotopic (exact) mass is 251 g/mol. The van der Waals surface area contributed by atoms with Crippen molar-refractivity contribution in [3.05, 3.63) is 23.8 Å². The molecule has 0 spiro atoms. The Morgan fingerprint density at radius 2 is 1.67 bits per heavy atom. The van der Waals surface area contributed by atoms with Crippen LogP contribution in [0.4, 0.5) is 0 Å². The van der Waals surface area contributed by atoms with Gasteiger partial charge in [-0.25, -0.2) is 0 Å². The number of ether oxygens (including phenoxy) is 2. The maximum atomic E-state index is 10.5. The van der Waals surface area contributed by atoms with E-state index in [1.165, 1.54) is 0 Å². The van der Waals surface area contributed by atoms with Crippen LogP contribution in [0, 0.1) is 0 Å². The minimum Gasteiger partial charge on any atom is -0.497 e. The van der Waals surface area contributed by atoms with Gasteiger partial charge in [-0.3, -0.25) is 0 Å². The van der Waals surface area contributed by atoms with E-state index in [9.17, 15) is 5.11 Å². The summed E-state index contributed by atoms with van der Waals surface area (Å²) in [5.74, 6) is 1.53. The van der Waals surface area contributed by atoms with Crippen molar-refractivity contribution in [3.8, 4) is 11.5 Å². The standard InChI is InChI=1S/C14H21NO3/c1-17-12-7-11(8-13(9-12)18-2)10-14(16)3-5-15-6-4-14/h7-9,15-16H,3-6,10H2,1-2H3. The highest BCUT2D eigenvalue weighted by molar-refractivity contribution is 5.39. The van der Waals surface area contributed by atoms with Gasteiger partial charge in [-0.1, -0.05) is 0 Å². The molecule has 1 fully saturated rings. The molecule has 0 bridgehead atoms. The van der Waals surface area contributed by atoms with Gasteiger partial charge < -0.3 is 19.9 Å². The normalized spacial score (nSPS) is 18.4. The molecule has 1 aromatic carbocycles. The predicted octanol–water partition coefficient (Wildman–Crippen LogP) is 1.36. The molecule has 1 aliphatic rings. The van der Waals surface area contributed by atoms with Crippen LogP contribution in [-0.2, 0) is 6.42 Å². The van der Waals surface area contributed by atoms with Crippen LogP contribution >= 0.6 is 0 Å². The smallest absolute Gasteiger partial charge is 0.122 e. The molecule has 4 nitrogen and oxygen atoms in total. The summed E-state index contributed by atoms with van der Waals surface area (Å²) >= 11 is 0. The number of benzene rings is 1. The Labute approximate surface area is 108 Å². The quantitative estimate of drug-likeness (QED) is 0.848. The van der Waals surface area contributed by atoms with Gasteiger partial charge in [0.25, 0.3) is 0 Å². The van der Waals surface area contributed by atoms with Crippen molar-refractivity contribution in [2.45, 2.75) is 24.9 Å². The van der Waals surface area contributed by atoms with Crippen LogP contribution in [0.15, 0.2) is 18.2 Å². The Balaban J connectivity index is 2.16. The van der Waals surface area contributed by atoms with E-state index in [-0.39, 0.29) is 0 Å². The zero-order valence-electron chi connectivity index (χ0n) is 11.0. The van der Waals surface area contributed by atoms with Gasteiger partial charge >= 0.3 is 0 Å². The molecule has 4 heteroatoms. The van der Waals surface area contributed by atoms with Gasteiger partial charge in [-0.05, 0) is 43.6 Å². The van der Waals surface area contributed by atoms with Crippen LogP contribution in [0.3, 0.4) is 0 Å². The molecule has 0 amide bonds. The summed E-state index contributed by atoms with van der Waals surface area (Å²) < 4.78 is 10.5. The van der Waals surface area contributed by atoms with E-state index in [4.69, 9.17) is 9.47 Å². The molecule has 0 unspecified atom stereocenters. The molecule has 1 aliphatic heterocycles. The molecular formula is C14H21NO3. The summed E-state index contributed by atoms with van der Waals surface area (Å²) in [6.07, 6.45) is 2.21. The maximum Gasteiger partial charge on any atom is 0.122 e. The van der Waals surface area contributed by atoms with E-state index in [2.05, 4.69) is 5.32 Å². The lowest BCUT2D eigenvalue weighted by Crippen LogP contribution is -2.43. The summed E-state index contributed by atoms with van der Waals surface area (Å²) in [5.41, 5.74) is 0.443. The molecule has 1 aromatic rings. The zero-order chi connectivity index (χ0) is 13.0. The van der Waals surface area contributed by atoms with Crippen LogP contribution in [0.5, 0.6) is 11.5 Å². The zero-order valence-corrected chi connectivity index (χ0v) is 11.0. The van der Waals surface area contributed by atoms with Crippen molar-refractivity contribution >= 4 is 0 Å². The Morgan fingerprint density at radius 3 is 2.17 bits per heavy atom. The SMILES string of the molecule is COc1cc(CC2(O)CCNCC2)cc(OC)c1. The Hall–Kier alpha value is -1.26. The molecule has 0 atom stereocenters. The molecular weight excluding hydrogens is 230 g/mol. The van der Waals surface area contributed by atoms with E-state index < -0.39 is 5.60 Å². The fourth-order valence-electron chi connectivity index (χ4n) is 2.42. The van der Waals surface area contributed by atoms with Crippen molar-refractivity contribution in [1.82, 2.24) is 5.32 Å².